The van der Waals surface area contributed by atoms with Crippen LogP contribution in [0.1, 0.15) is 10.4 Å². The predicted octanol–water partition coefficient (Wildman–Crippen LogP) is 2.87. The zero-order valence-corrected chi connectivity index (χ0v) is 11.3. The van der Waals surface area contributed by atoms with Crippen LogP contribution in [-0.4, -0.2) is 24.4 Å². The number of carbonyl (C=O) groups excluding carboxylic acids is 1. The first kappa shape index (κ1) is 14.5. The fraction of sp³-hybridized carbons (Fsp3) is 0.133. The number of ketones is 1. The number of rotatable bonds is 6. The Hall–Kier alpha value is -2.89. The maximum absolute atomic E-state index is 12.1. The summed E-state index contributed by atoms with van der Waals surface area (Å²) in [6, 6.07) is 12.7. The standard InChI is InChI=1S/C15H13NO5/c1-20-14-8-4-2-6-11(14)13(17)10-21-15-9-5-3-7-12(15)16(18)19/h2-9H,10H2,1H3. The second-order valence-corrected chi connectivity index (χ2v) is 4.14. The molecular weight excluding hydrogens is 274 g/mol. The summed E-state index contributed by atoms with van der Waals surface area (Å²) >= 11 is 0. The summed E-state index contributed by atoms with van der Waals surface area (Å²) in [6.45, 7) is -0.300. The third-order valence-corrected chi connectivity index (χ3v) is 2.83. The van der Waals surface area contributed by atoms with Crippen LogP contribution in [0.5, 0.6) is 11.5 Å². The number of benzene rings is 2. The molecule has 21 heavy (non-hydrogen) atoms. The first-order chi connectivity index (χ1) is 10.1. The lowest BCUT2D eigenvalue weighted by Gasteiger charge is -2.08. The van der Waals surface area contributed by atoms with E-state index in [0.29, 0.717) is 11.3 Å². The van der Waals surface area contributed by atoms with E-state index >= 15 is 0 Å². The highest BCUT2D eigenvalue weighted by atomic mass is 16.6. The summed E-state index contributed by atoms with van der Waals surface area (Å²) in [7, 11) is 1.47. The lowest BCUT2D eigenvalue weighted by Crippen LogP contribution is -2.13. The number of Topliss-reactive ketones (excluding diaryl/α,β-unsaturated/α-hetero) is 1. The van der Waals surface area contributed by atoms with Gasteiger partial charge in [-0.1, -0.05) is 24.3 Å². The van der Waals surface area contributed by atoms with Gasteiger partial charge in [-0.3, -0.25) is 14.9 Å². The second-order valence-electron chi connectivity index (χ2n) is 4.14. The van der Waals surface area contributed by atoms with Gasteiger partial charge in [-0.2, -0.15) is 0 Å². The Kier molecular flexibility index (Phi) is 4.50. The average molecular weight is 287 g/mol. The number of methoxy groups -OCH3 is 1. The van der Waals surface area contributed by atoms with Crippen molar-refractivity contribution in [1.29, 1.82) is 0 Å². The minimum atomic E-state index is -0.553. The molecule has 2 aromatic carbocycles. The van der Waals surface area contributed by atoms with Crippen molar-refractivity contribution in [1.82, 2.24) is 0 Å². The maximum Gasteiger partial charge on any atom is 0.310 e. The first-order valence-electron chi connectivity index (χ1n) is 6.16. The molecule has 0 saturated heterocycles. The van der Waals surface area contributed by atoms with Gasteiger partial charge < -0.3 is 9.47 Å². The van der Waals surface area contributed by atoms with Crippen LogP contribution in [0.2, 0.25) is 0 Å². The molecule has 0 amide bonds. The van der Waals surface area contributed by atoms with Gasteiger partial charge in [0.1, 0.15) is 5.75 Å². The van der Waals surface area contributed by atoms with Gasteiger partial charge in [-0.25, -0.2) is 0 Å². The Morgan fingerprint density at radius 3 is 2.38 bits per heavy atom. The monoisotopic (exact) mass is 287 g/mol. The van der Waals surface area contributed by atoms with Crippen molar-refractivity contribution in [3.8, 4) is 11.5 Å². The number of nitro benzene ring substituents is 1. The van der Waals surface area contributed by atoms with Crippen molar-refractivity contribution in [3.63, 3.8) is 0 Å². The zero-order chi connectivity index (χ0) is 15.2. The fourth-order valence-electron chi connectivity index (χ4n) is 1.83. The Balaban J connectivity index is 2.13. The van der Waals surface area contributed by atoms with E-state index in [4.69, 9.17) is 9.47 Å². The molecule has 0 aliphatic heterocycles. The van der Waals surface area contributed by atoms with E-state index < -0.39 is 4.92 Å². The molecule has 0 bridgehead atoms. The molecule has 0 saturated carbocycles. The van der Waals surface area contributed by atoms with Crippen LogP contribution in [0.4, 0.5) is 5.69 Å². The lowest BCUT2D eigenvalue weighted by atomic mass is 10.1. The number of carbonyl (C=O) groups is 1. The summed E-state index contributed by atoms with van der Waals surface area (Å²) in [5.74, 6) is 0.185. The number of hydrogen-bond acceptors (Lipinski definition) is 5. The highest BCUT2D eigenvalue weighted by Crippen LogP contribution is 2.26. The molecule has 0 fully saturated rings. The van der Waals surface area contributed by atoms with Crippen LogP contribution in [0, 0.1) is 10.1 Å². The Morgan fingerprint density at radius 1 is 1.10 bits per heavy atom. The van der Waals surface area contributed by atoms with E-state index in [1.165, 1.54) is 25.3 Å². The summed E-state index contributed by atoms with van der Waals surface area (Å²) in [6.07, 6.45) is 0. The Bertz CT molecular complexity index is 669. The summed E-state index contributed by atoms with van der Waals surface area (Å²) < 4.78 is 10.4. The molecule has 0 unspecified atom stereocenters. The minimum Gasteiger partial charge on any atom is -0.496 e. The topological polar surface area (TPSA) is 78.7 Å². The van der Waals surface area contributed by atoms with E-state index in [1.54, 1.807) is 30.3 Å². The minimum absolute atomic E-state index is 0.0609. The molecule has 0 radical (unpaired) electrons. The van der Waals surface area contributed by atoms with Crippen LogP contribution in [-0.2, 0) is 0 Å². The summed E-state index contributed by atoms with van der Waals surface area (Å²) in [4.78, 5) is 22.4. The van der Waals surface area contributed by atoms with Gasteiger partial charge in [0.15, 0.2) is 12.4 Å². The molecule has 0 heterocycles. The van der Waals surface area contributed by atoms with Crippen LogP contribution in [0.15, 0.2) is 48.5 Å². The molecule has 0 N–H and O–H groups in total. The van der Waals surface area contributed by atoms with Crippen molar-refractivity contribution in [3.05, 3.63) is 64.2 Å². The predicted molar refractivity (Wildman–Crippen MR) is 75.9 cm³/mol. The molecular formula is C15H13NO5. The van der Waals surface area contributed by atoms with Crippen LogP contribution in [0.3, 0.4) is 0 Å². The SMILES string of the molecule is COc1ccccc1C(=O)COc1ccccc1[N+](=O)[O-]. The van der Waals surface area contributed by atoms with Gasteiger partial charge >= 0.3 is 5.69 Å². The molecule has 0 spiro atoms. The molecule has 0 aliphatic carbocycles. The number of ether oxygens (including phenoxy) is 2. The Morgan fingerprint density at radius 2 is 1.71 bits per heavy atom. The van der Waals surface area contributed by atoms with Crippen molar-refractivity contribution in [2.75, 3.05) is 13.7 Å². The number of nitro groups is 1. The van der Waals surface area contributed by atoms with Crippen molar-refractivity contribution < 1.29 is 19.2 Å². The first-order valence-corrected chi connectivity index (χ1v) is 6.16. The Labute approximate surface area is 121 Å². The molecule has 0 atom stereocenters. The van der Waals surface area contributed by atoms with Crippen molar-refractivity contribution >= 4 is 11.5 Å². The van der Waals surface area contributed by atoms with Gasteiger partial charge in [0, 0.05) is 6.07 Å². The maximum atomic E-state index is 12.1. The van der Waals surface area contributed by atoms with Gasteiger partial charge in [-0.05, 0) is 18.2 Å². The van der Waals surface area contributed by atoms with Crippen LogP contribution >= 0.6 is 0 Å². The fourth-order valence-corrected chi connectivity index (χ4v) is 1.83. The average Bonchev–Trinajstić information content (AvgIpc) is 2.52. The van der Waals surface area contributed by atoms with Gasteiger partial charge in [0.05, 0.1) is 17.6 Å². The number of nitrogens with zero attached hydrogens (tertiary/aromatic N) is 1. The van der Waals surface area contributed by atoms with E-state index in [2.05, 4.69) is 0 Å². The molecule has 0 aromatic heterocycles. The smallest absolute Gasteiger partial charge is 0.310 e. The van der Waals surface area contributed by atoms with Crippen molar-refractivity contribution in [2.24, 2.45) is 0 Å². The second kappa shape index (κ2) is 6.51. The molecule has 6 nitrogen and oxygen atoms in total. The van der Waals surface area contributed by atoms with E-state index in [1.807, 2.05) is 0 Å². The molecule has 0 aliphatic rings. The van der Waals surface area contributed by atoms with Gasteiger partial charge in [0.25, 0.3) is 0 Å². The highest BCUT2D eigenvalue weighted by Gasteiger charge is 2.17. The third kappa shape index (κ3) is 3.36. The van der Waals surface area contributed by atoms with Crippen LogP contribution < -0.4 is 9.47 Å². The van der Waals surface area contributed by atoms with E-state index in [-0.39, 0.29) is 23.8 Å². The summed E-state index contributed by atoms with van der Waals surface area (Å²) in [5.41, 5.74) is 0.198. The summed E-state index contributed by atoms with van der Waals surface area (Å²) in [5, 5.41) is 10.9. The van der Waals surface area contributed by atoms with E-state index in [0.717, 1.165) is 0 Å². The third-order valence-electron chi connectivity index (χ3n) is 2.83. The highest BCUT2D eigenvalue weighted by molar-refractivity contribution is 5.99. The lowest BCUT2D eigenvalue weighted by molar-refractivity contribution is -0.385. The van der Waals surface area contributed by atoms with Crippen molar-refractivity contribution in [2.45, 2.75) is 0 Å². The van der Waals surface area contributed by atoms with E-state index in [9.17, 15) is 14.9 Å². The number of hydrogen-bond donors (Lipinski definition) is 0. The van der Waals surface area contributed by atoms with Gasteiger partial charge in [0.2, 0.25) is 5.78 Å². The number of para-hydroxylation sites is 3. The van der Waals surface area contributed by atoms with Crippen LogP contribution in [0.25, 0.3) is 0 Å². The molecule has 6 heteroatoms. The quantitative estimate of drug-likeness (QED) is 0.463. The largest absolute Gasteiger partial charge is 0.496 e. The molecule has 2 rings (SSSR count). The molecule has 2 aromatic rings. The normalized spacial score (nSPS) is 9.95. The van der Waals surface area contributed by atoms with Gasteiger partial charge in [-0.15, -0.1) is 0 Å². The zero-order valence-electron chi connectivity index (χ0n) is 11.3. The molecule has 108 valence electrons.